The standard InChI is InChI=1S/C13H9Cl2NO3/c1-7-2-4-9(13(17)18)12(16-7)19-11-6-8(14)3-5-10(11)15/h2-6H,1H3,(H,17,18). The molecule has 0 aliphatic carbocycles. The molecule has 1 aromatic heterocycles. The minimum Gasteiger partial charge on any atom is -0.477 e. The number of ether oxygens (including phenoxy) is 1. The molecular formula is C13H9Cl2NO3. The summed E-state index contributed by atoms with van der Waals surface area (Å²) in [4.78, 5) is 15.2. The lowest BCUT2D eigenvalue weighted by Gasteiger charge is -2.10. The maximum absolute atomic E-state index is 11.1. The SMILES string of the molecule is Cc1ccc(C(=O)O)c(Oc2cc(Cl)ccc2Cl)n1. The molecule has 6 heteroatoms. The van der Waals surface area contributed by atoms with E-state index in [-0.39, 0.29) is 17.2 Å². The van der Waals surface area contributed by atoms with Gasteiger partial charge in [0.25, 0.3) is 0 Å². The Morgan fingerprint density at radius 1 is 1.26 bits per heavy atom. The van der Waals surface area contributed by atoms with Gasteiger partial charge in [0.1, 0.15) is 11.3 Å². The van der Waals surface area contributed by atoms with Gasteiger partial charge >= 0.3 is 5.97 Å². The van der Waals surface area contributed by atoms with Gasteiger partial charge in [0.15, 0.2) is 0 Å². The number of hydrogen-bond acceptors (Lipinski definition) is 3. The van der Waals surface area contributed by atoms with Gasteiger partial charge in [-0.25, -0.2) is 9.78 Å². The first-order valence-corrected chi connectivity index (χ1v) is 6.07. The Hall–Kier alpha value is -1.78. The van der Waals surface area contributed by atoms with Crippen LogP contribution in [0.3, 0.4) is 0 Å². The van der Waals surface area contributed by atoms with E-state index in [1.807, 2.05) is 0 Å². The highest BCUT2D eigenvalue weighted by Crippen LogP contribution is 2.32. The van der Waals surface area contributed by atoms with E-state index in [0.717, 1.165) is 0 Å². The van der Waals surface area contributed by atoms with Gasteiger partial charge in [-0.1, -0.05) is 23.2 Å². The van der Waals surface area contributed by atoms with Gasteiger partial charge in [-0.2, -0.15) is 0 Å². The van der Waals surface area contributed by atoms with Crippen molar-refractivity contribution in [1.29, 1.82) is 0 Å². The van der Waals surface area contributed by atoms with Crippen LogP contribution in [0.4, 0.5) is 0 Å². The molecule has 0 atom stereocenters. The highest BCUT2D eigenvalue weighted by Gasteiger charge is 2.15. The monoisotopic (exact) mass is 297 g/mol. The second-order valence-electron chi connectivity index (χ2n) is 3.79. The topological polar surface area (TPSA) is 59.4 Å². The third-order valence-corrected chi connectivity index (χ3v) is 2.88. The molecule has 0 aliphatic heterocycles. The molecule has 1 heterocycles. The Bertz CT molecular complexity index is 644. The van der Waals surface area contributed by atoms with Crippen LogP contribution in [0.15, 0.2) is 30.3 Å². The molecule has 0 fully saturated rings. The Morgan fingerprint density at radius 2 is 2.00 bits per heavy atom. The molecule has 0 unspecified atom stereocenters. The number of aromatic carboxylic acids is 1. The Kier molecular flexibility index (Phi) is 3.93. The first-order valence-electron chi connectivity index (χ1n) is 5.31. The number of benzene rings is 1. The van der Waals surface area contributed by atoms with Gasteiger partial charge in [-0.15, -0.1) is 0 Å². The summed E-state index contributed by atoms with van der Waals surface area (Å²) in [5.74, 6) is -0.882. The van der Waals surface area contributed by atoms with Gasteiger partial charge in [0.05, 0.1) is 5.02 Å². The molecule has 4 nitrogen and oxygen atoms in total. The van der Waals surface area contributed by atoms with E-state index < -0.39 is 5.97 Å². The number of aromatic nitrogens is 1. The first kappa shape index (κ1) is 13.6. The summed E-state index contributed by atoms with van der Waals surface area (Å²) < 4.78 is 5.45. The highest BCUT2D eigenvalue weighted by atomic mass is 35.5. The van der Waals surface area contributed by atoms with Gasteiger partial charge in [-0.05, 0) is 31.2 Å². The third kappa shape index (κ3) is 3.16. The number of pyridine rings is 1. The van der Waals surface area contributed by atoms with Crippen molar-refractivity contribution in [1.82, 2.24) is 4.98 Å². The van der Waals surface area contributed by atoms with Crippen LogP contribution in [0, 0.1) is 6.92 Å². The number of carbonyl (C=O) groups is 1. The van der Waals surface area contributed by atoms with Gasteiger partial charge in [0.2, 0.25) is 5.88 Å². The molecule has 0 bridgehead atoms. The average molecular weight is 298 g/mol. The molecule has 1 aromatic carbocycles. The Labute approximate surface area is 119 Å². The number of carboxylic acids is 1. The number of carboxylic acid groups (broad SMARTS) is 1. The van der Waals surface area contributed by atoms with E-state index in [9.17, 15) is 4.79 Å². The van der Waals surface area contributed by atoms with Crippen LogP contribution in [0.1, 0.15) is 16.1 Å². The number of rotatable bonds is 3. The highest BCUT2D eigenvalue weighted by molar-refractivity contribution is 6.34. The van der Waals surface area contributed by atoms with Crippen molar-refractivity contribution in [3.8, 4) is 11.6 Å². The summed E-state index contributed by atoms with van der Waals surface area (Å²) in [5.41, 5.74) is 0.597. The second-order valence-corrected chi connectivity index (χ2v) is 4.63. The van der Waals surface area contributed by atoms with Crippen molar-refractivity contribution < 1.29 is 14.6 Å². The summed E-state index contributed by atoms with van der Waals surface area (Å²) in [6, 6.07) is 7.70. The minimum atomic E-state index is -1.12. The molecular weight excluding hydrogens is 289 g/mol. The summed E-state index contributed by atoms with van der Waals surface area (Å²) >= 11 is 11.8. The molecule has 98 valence electrons. The molecule has 2 aromatic rings. The van der Waals surface area contributed by atoms with Crippen LogP contribution in [0.2, 0.25) is 10.0 Å². The molecule has 0 saturated carbocycles. The molecule has 19 heavy (non-hydrogen) atoms. The fraction of sp³-hybridized carbons (Fsp3) is 0.0769. The fourth-order valence-electron chi connectivity index (χ4n) is 1.43. The van der Waals surface area contributed by atoms with E-state index in [0.29, 0.717) is 15.7 Å². The van der Waals surface area contributed by atoms with Crippen molar-refractivity contribution in [2.24, 2.45) is 0 Å². The average Bonchev–Trinajstić information content (AvgIpc) is 2.33. The summed E-state index contributed by atoms with van der Waals surface area (Å²) in [6.45, 7) is 1.73. The van der Waals surface area contributed by atoms with Gasteiger partial charge in [-0.3, -0.25) is 0 Å². The number of halogens is 2. The third-order valence-electron chi connectivity index (χ3n) is 2.33. The predicted molar refractivity (Wildman–Crippen MR) is 72.5 cm³/mol. The van der Waals surface area contributed by atoms with E-state index in [1.165, 1.54) is 12.1 Å². The molecule has 0 spiro atoms. The van der Waals surface area contributed by atoms with Crippen molar-refractivity contribution in [2.75, 3.05) is 0 Å². The summed E-state index contributed by atoms with van der Waals surface area (Å²) in [5, 5.41) is 9.84. The lowest BCUT2D eigenvalue weighted by molar-refractivity contribution is 0.0693. The van der Waals surface area contributed by atoms with E-state index in [4.69, 9.17) is 33.0 Å². The maximum Gasteiger partial charge on any atom is 0.341 e. The van der Waals surface area contributed by atoms with Gasteiger partial charge in [0, 0.05) is 16.8 Å². The minimum absolute atomic E-state index is 0.0170. The fourth-order valence-corrected chi connectivity index (χ4v) is 1.75. The maximum atomic E-state index is 11.1. The van der Waals surface area contributed by atoms with E-state index in [2.05, 4.69) is 4.98 Å². The van der Waals surface area contributed by atoms with Crippen LogP contribution in [-0.2, 0) is 0 Å². The Morgan fingerprint density at radius 3 is 2.68 bits per heavy atom. The zero-order valence-electron chi connectivity index (χ0n) is 9.85. The van der Waals surface area contributed by atoms with Crippen molar-refractivity contribution in [3.05, 3.63) is 51.6 Å². The molecule has 0 amide bonds. The summed E-state index contributed by atoms with van der Waals surface area (Å²) in [6.07, 6.45) is 0. The van der Waals surface area contributed by atoms with Crippen LogP contribution in [-0.4, -0.2) is 16.1 Å². The van der Waals surface area contributed by atoms with Crippen LogP contribution in [0.5, 0.6) is 11.6 Å². The molecule has 0 radical (unpaired) electrons. The van der Waals surface area contributed by atoms with Crippen molar-refractivity contribution in [2.45, 2.75) is 6.92 Å². The molecule has 0 saturated heterocycles. The first-order chi connectivity index (χ1) is 8.97. The number of aryl methyl sites for hydroxylation is 1. The van der Waals surface area contributed by atoms with E-state index in [1.54, 1.807) is 25.1 Å². The zero-order chi connectivity index (χ0) is 14.0. The normalized spacial score (nSPS) is 10.3. The second kappa shape index (κ2) is 5.47. The quantitative estimate of drug-likeness (QED) is 0.923. The summed E-state index contributed by atoms with van der Waals surface area (Å²) in [7, 11) is 0. The van der Waals surface area contributed by atoms with Gasteiger partial charge < -0.3 is 9.84 Å². The number of hydrogen-bond donors (Lipinski definition) is 1. The van der Waals surface area contributed by atoms with E-state index >= 15 is 0 Å². The lowest BCUT2D eigenvalue weighted by atomic mass is 10.2. The Balaban J connectivity index is 2.45. The van der Waals surface area contributed by atoms with Crippen LogP contribution < -0.4 is 4.74 Å². The van der Waals surface area contributed by atoms with Crippen LogP contribution in [0.25, 0.3) is 0 Å². The molecule has 1 N–H and O–H groups in total. The number of nitrogens with zero attached hydrogens (tertiary/aromatic N) is 1. The molecule has 2 rings (SSSR count). The smallest absolute Gasteiger partial charge is 0.341 e. The zero-order valence-corrected chi connectivity index (χ0v) is 11.4. The lowest BCUT2D eigenvalue weighted by Crippen LogP contribution is -2.03. The molecule has 0 aliphatic rings. The van der Waals surface area contributed by atoms with Crippen LogP contribution >= 0.6 is 23.2 Å². The van der Waals surface area contributed by atoms with Crippen molar-refractivity contribution in [3.63, 3.8) is 0 Å². The largest absolute Gasteiger partial charge is 0.477 e. The van der Waals surface area contributed by atoms with Crippen molar-refractivity contribution >= 4 is 29.2 Å². The predicted octanol–water partition coefficient (Wildman–Crippen LogP) is 4.19.